The zero-order chi connectivity index (χ0) is 16.4. The van der Waals surface area contributed by atoms with Gasteiger partial charge in [0.05, 0.1) is 12.8 Å². The van der Waals surface area contributed by atoms with Crippen molar-refractivity contribution in [1.82, 2.24) is 4.31 Å². The molecule has 1 rings (SSSR count). The number of halogens is 3. The van der Waals surface area contributed by atoms with Crippen molar-refractivity contribution in [3.8, 4) is 5.75 Å². The van der Waals surface area contributed by atoms with Gasteiger partial charge in [0.25, 0.3) is 0 Å². The van der Waals surface area contributed by atoms with Gasteiger partial charge in [-0.25, -0.2) is 8.42 Å². The smallest absolute Gasteiger partial charge is 0.402 e. The summed E-state index contributed by atoms with van der Waals surface area (Å²) in [6.07, 6.45) is -4.64. The van der Waals surface area contributed by atoms with Gasteiger partial charge in [0.15, 0.2) is 0 Å². The summed E-state index contributed by atoms with van der Waals surface area (Å²) < 4.78 is 67.7. The van der Waals surface area contributed by atoms with E-state index in [0.29, 0.717) is 10.1 Å². The molecule has 0 unspecified atom stereocenters. The lowest BCUT2D eigenvalue weighted by molar-refractivity contribution is -0.138. The summed E-state index contributed by atoms with van der Waals surface area (Å²) in [4.78, 5) is -0.374. The van der Waals surface area contributed by atoms with Crippen molar-refractivity contribution in [2.45, 2.75) is 31.0 Å². The molecule has 1 aromatic carbocycles. The molecule has 1 aromatic rings. The summed E-state index contributed by atoms with van der Waals surface area (Å²) in [6, 6.07) is 2.85. The molecule has 0 aliphatic carbocycles. The molecule has 0 aromatic heterocycles. The van der Waals surface area contributed by atoms with Crippen molar-refractivity contribution in [1.29, 1.82) is 0 Å². The minimum Gasteiger partial charge on any atom is -0.497 e. The standard InChI is InChI=1S/C12H17F3N2O3S/c1-8(2)17(7-12(13,14)15)21(18,19)11-5-4-9(20-3)6-10(11)16/h4-6,8H,7,16H2,1-3H3. The molecule has 0 aliphatic rings. The van der Waals surface area contributed by atoms with Gasteiger partial charge in [-0.1, -0.05) is 0 Å². The van der Waals surface area contributed by atoms with Gasteiger partial charge in [-0.3, -0.25) is 0 Å². The van der Waals surface area contributed by atoms with E-state index in [0.717, 1.165) is 6.07 Å². The summed E-state index contributed by atoms with van der Waals surface area (Å²) in [5.74, 6) is 0.318. The lowest BCUT2D eigenvalue weighted by atomic mass is 10.3. The van der Waals surface area contributed by atoms with Crippen LogP contribution in [0.25, 0.3) is 0 Å². The Kier molecular flexibility index (Phi) is 5.11. The number of rotatable bonds is 5. The Labute approximate surface area is 121 Å². The van der Waals surface area contributed by atoms with Gasteiger partial charge in [0.2, 0.25) is 10.0 Å². The third kappa shape index (κ3) is 4.24. The highest BCUT2D eigenvalue weighted by atomic mass is 32.2. The van der Waals surface area contributed by atoms with Crippen LogP contribution in [0.5, 0.6) is 5.75 Å². The molecule has 0 heterocycles. The van der Waals surface area contributed by atoms with Gasteiger partial charge in [-0.05, 0) is 26.0 Å². The molecule has 21 heavy (non-hydrogen) atoms. The van der Waals surface area contributed by atoms with Gasteiger partial charge in [-0.15, -0.1) is 0 Å². The van der Waals surface area contributed by atoms with Crippen molar-refractivity contribution < 1.29 is 26.3 Å². The maximum absolute atomic E-state index is 12.6. The first-order valence-corrected chi connectivity index (χ1v) is 7.45. The molecule has 2 N–H and O–H groups in total. The van der Waals surface area contributed by atoms with Crippen molar-refractivity contribution in [3.63, 3.8) is 0 Å². The van der Waals surface area contributed by atoms with Gasteiger partial charge in [-0.2, -0.15) is 17.5 Å². The van der Waals surface area contributed by atoms with E-state index in [-0.39, 0.29) is 10.6 Å². The average Bonchev–Trinajstić information content (AvgIpc) is 2.33. The van der Waals surface area contributed by atoms with E-state index in [2.05, 4.69) is 0 Å². The fourth-order valence-corrected chi connectivity index (χ4v) is 3.46. The Morgan fingerprint density at radius 3 is 2.29 bits per heavy atom. The number of anilines is 1. The summed E-state index contributed by atoms with van der Waals surface area (Å²) >= 11 is 0. The Balaban J connectivity index is 3.30. The van der Waals surface area contributed by atoms with Crippen molar-refractivity contribution >= 4 is 15.7 Å². The van der Waals surface area contributed by atoms with E-state index < -0.39 is 28.8 Å². The van der Waals surface area contributed by atoms with E-state index in [1.807, 2.05) is 0 Å². The number of benzene rings is 1. The second kappa shape index (κ2) is 6.10. The van der Waals surface area contributed by atoms with Crippen molar-refractivity contribution in [3.05, 3.63) is 18.2 Å². The number of ether oxygens (including phenoxy) is 1. The van der Waals surface area contributed by atoms with E-state index >= 15 is 0 Å². The highest BCUT2D eigenvalue weighted by Gasteiger charge is 2.39. The Morgan fingerprint density at radius 1 is 1.33 bits per heavy atom. The van der Waals surface area contributed by atoms with Crippen LogP contribution in [0, 0.1) is 0 Å². The molecule has 0 amide bonds. The largest absolute Gasteiger partial charge is 0.497 e. The molecule has 0 aliphatic heterocycles. The van der Waals surface area contributed by atoms with Crippen LogP contribution >= 0.6 is 0 Å². The normalized spacial score (nSPS) is 13.0. The van der Waals surface area contributed by atoms with E-state index in [1.54, 1.807) is 0 Å². The molecule has 9 heteroatoms. The number of nitrogens with two attached hydrogens (primary N) is 1. The minimum atomic E-state index is -4.64. The van der Waals surface area contributed by atoms with Crippen LogP contribution in [-0.2, 0) is 10.0 Å². The third-order valence-corrected chi connectivity index (χ3v) is 4.81. The summed E-state index contributed by atoms with van der Waals surface area (Å²) in [6.45, 7) is 1.16. The number of alkyl halides is 3. The topological polar surface area (TPSA) is 72.6 Å². The number of hydrogen-bond acceptors (Lipinski definition) is 4. The first-order valence-electron chi connectivity index (χ1n) is 6.01. The molecule has 0 spiro atoms. The highest BCUT2D eigenvalue weighted by Crippen LogP contribution is 2.29. The van der Waals surface area contributed by atoms with Crippen LogP contribution in [0.4, 0.5) is 18.9 Å². The summed E-state index contributed by atoms with van der Waals surface area (Å²) in [7, 11) is -2.99. The number of nitrogens with zero attached hydrogens (tertiary/aromatic N) is 1. The molecule has 0 saturated heterocycles. The zero-order valence-corrected chi connectivity index (χ0v) is 12.6. The van der Waals surface area contributed by atoms with Crippen molar-refractivity contribution in [2.24, 2.45) is 0 Å². The lowest BCUT2D eigenvalue weighted by Gasteiger charge is -2.27. The van der Waals surface area contributed by atoms with E-state index in [1.165, 1.54) is 33.1 Å². The SMILES string of the molecule is COc1ccc(S(=O)(=O)N(CC(F)(F)F)C(C)C)c(N)c1. The van der Waals surface area contributed by atoms with Gasteiger partial charge >= 0.3 is 6.18 Å². The maximum atomic E-state index is 12.6. The molecule has 0 fully saturated rings. The second-order valence-electron chi connectivity index (χ2n) is 4.66. The predicted molar refractivity (Wildman–Crippen MR) is 72.5 cm³/mol. The zero-order valence-electron chi connectivity index (χ0n) is 11.8. The molecular weight excluding hydrogens is 309 g/mol. The van der Waals surface area contributed by atoms with Gasteiger partial charge in [0.1, 0.15) is 17.2 Å². The predicted octanol–water partition coefficient (Wildman–Crippen LogP) is 2.24. The average molecular weight is 326 g/mol. The Hall–Kier alpha value is -1.48. The molecule has 0 saturated carbocycles. The quantitative estimate of drug-likeness (QED) is 0.842. The third-order valence-electron chi connectivity index (χ3n) is 2.71. The summed E-state index contributed by atoms with van der Waals surface area (Å²) in [5.41, 5.74) is 5.45. The van der Waals surface area contributed by atoms with E-state index in [9.17, 15) is 21.6 Å². The lowest BCUT2D eigenvalue weighted by Crippen LogP contribution is -2.43. The van der Waals surface area contributed by atoms with Crippen molar-refractivity contribution in [2.75, 3.05) is 19.4 Å². The number of hydrogen-bond donors (Lipinski definition) is 1. The second-order valence-corrected chi connectivity index (χ2v) is 6.52. The van der Waals surface area contributed by atoms with E-state index in [4.69, 9.17) is 10.5 Å². The molecule has 0 radical (unpaired) electrons. The first kappa shape index (κ1) is 17.6. The highest BCUT2D eigenvalue weighted by molar-refractivity contribution is 7.89. The van der Waals surface area contributed by atoms with Gasteiger partial charge < -0.3 is 10.5 Å². The minimum absolute atomic E-state index is 0.165. The molecule has 5 nitrogen and oxygen atoms in total. The fraction of sp³-hybridized carbons (Fsp3) is 0.500. The van der Waals surface area contributed by atoms with Crippen LogP contribution in [0.15, 0.2) is 23.1 Å². The molecule has 0 atom stereocenters. The number of nitrogen functional groups attached to an aromatic ring is 1. The van der Waals surface area contributed by atoms with Crippen LogP contribution in [-0.4, -0.2) is 38.6 Å². The van der Waals surface area contributed by atoms with Crippen LogP contribution < -0.4 is 10.5 Å². The Morgan fingerprint density at radius 2 is 1.90 bits per heavy atom. The fourth-order valence-electron chi connectivity index (χ4n) is 1.74. The Bertz CT molecular complexity index is 600. The monoisotopic (exact) mass is 326 g/mol. The number of sulfonamides is 1. The maximum Gasteiger partial charge on any atom is 0.402 e. The molecule has 120 valence electrons. The van der Waals surface area contributed by atoms with Crippen LogP contribution in [0.1, 0.15) is 13.8 Å². The van der Waals surface area contributed by atoms with Crippen LogP contribution in [0.3, 0.4) is 0 Å². The van der Waals surface area contributed by atoms with Crippen LogP contribution in [0.2, 0.25) is 0 Å². The summed E-state index contributed by atoms with van der Waals surface area (Å²) in [5, 5.41) is 0. The van der Waals surface area contributed by atoms with Gasteiger partial charge in [0, 0.05) is 12.1 Å². The first-order chi connectivity index (χ1) is 9.49. The molecular formula is C12H17F3N2O3S. The molecule has 0 bridgehead atoms. The number of methoxy groups -OCH3 is 1.